The van der Waals surface area contributed by atoms with E-state index in [1.54, 1.807) is 0 Å². The van der Waals surface area contributed by atoms with E-state index in [0.29, 0.717) is 5.69 Å². The fourth-order valence-corrected chi connectivity index (χ4v) is 2.26. The minimum atomic E-state index is 0.0122. The van der Waals surface area contributed by atoms with E-state index >= 15 is 0 Å². The molecule has 0 fully saturated rings. The number of hydrogen-bond donors (Lipinski definition) is 0. The lowest BCUT2D eigenvalue weighted by Gasteiger charge is -2.35. The number of hydrogen-bond acceptors (Lipinski definition) is 0. The van der Waals surface area contributed by atoms with Crippen LogP contribution in [0.1, 0.15) is 79.0 Å². The summed E-state index contributed by atoms with van der Waals surface area (Å²) in [4.78, 5) is 0. The van der Waals surface area contributed by atoms with Crippen LogP contribution in [-0.2, 0) is 16.2 Å². The molecule has 0 radical (unpaired) electrons. The summed E-state index contributed by atoms with van der Waals surface area (Å²) in [6.07, 6.45) is 0. The average Bonchev–Trinajstić information content (AvgIpc) is 2.11. The Morgan fingerprint density at radius 1 is 0.632 bits per heavy atom. The molecule has 19 heavy (non-hydrogen) atoms. The van der Waals surface area contributed by atoms with E-state index in [9.17, 15) is 0 Å². The molecular formula is C18H30N-. The van der Waals surface area contributed by atoms with Crippen molar-refractivity contribution in [2.24, 2.45) is 0 Å². The maximum absolute atomic E-state index is 8.56. The van der Waals surface area contributed by atoms with Crippen LogP contribution in [0.4, 0.5) is 5.69 Å². The molecule has 0 bridgehead atoms. The molecule has 0 aliphatic carbocycles. The quantitative estimate of drug-likeness (QED) is 0.525. The Balaban J connectivity index is 3.68. The van der Waals surface area contributed by atoms with Gasteiger partial charge in [-0.1, -0.05) is 85.6 Å². The zero-order valence-electron chi connectivity index (χ0n) is 14.2. The molecule has 0 aliphatic rings. The first-order valence-corrected chi connectivity index (χ1v) is 7.15. The lowest BCUT2D eigenvalue weighted by molar-refractivity contribution is 0.552. The maximum Gasteiger partial charge on any atom is -0.0132 e. The molecule has 1 nitrogen and oxygen atoms in total. The molecule has 0 aliphatic heterocycles. The second kappa shape index (κ2) is 4.54. The fraction of sp³-hybridized carbons (Fsp3) is 0.667. The van der Waals surface area contributed by atoms with Crippen molar-refractivity contribution < 1.29 is 0 Å². The largest absolute Gasteiger partial charge is 0.698 e. The number of rotatable bonds is 0. The minimum Gasteiger partial charge on any atom is -0.698 e. The van der Waals surface area contributed by atoms with Crippen LogP contribution in [0.2, 0.25) is 0 Å². The monoisotopic (exact) mass is 260 g/mol. The van der Waals surface area contributed by atoms with Crippen molar-refractivity contribution in [2.45, 2.75) is 78.6 Å². The molecule has 0 saturated carbocycles. The van der Waals surface area contributed by atoms with Crippen LogP contribution in [0.25, 0.3) is 5.73 Å². The van der Waals surface area contributed by atoms with Gasteiger partial charge in [-0.3, -0.25) is 0 Å². The lowest BCUT2D eigenvalue weighted by Crippen LogP contribution is -2.20. The molecule has 0 atom stereocenters. The first-order chi connectivity index (χ1) is 8.24. The smallest absolute Gasteiger partial charge is 0.0132 e. The minimum absolute atomic E-state index is 0.0122. The summed E-state index contributed by atoms with van der Waals surface area (Å²) in [6.45, 7) is 19.9. The van der Waals surface area contributed by atoms with Gasteiger partial charge in [0.25, 0.3) is 0 Å². The SMILES string of the molecule is CC(C)(C)c1cc(C(C)(C)C)c([NH-])c(C(C)(C)C)c1. The first-order valence-electron chi connectivity index (χ1n) is 7.15. The highest BCUT2D eigenvalue weighted by molar-refractivity contribution is 5.64. The van der Waals surface area contributed by atoms with Crippen molar-refractivity contribution in [3.8, 4) is 0 Å². The summed E-state index contributed by atoms with van der Waals surface area (Å²) < 4.78 is 0. The summed E-state index contributed by atoms with van der Waals surface area (Å²) >= 11 is 0. The Hall–Kier alpha value is -0.980. The normalized spacial score (nSPS) is 13.7. The third-order valence-electron chi connectivity index (χ3n) is 3.62. The molecule has 0 aromatic heterocycles. The van der Waals surface area contributed by atoms with Gasteiger partial charge in [0.2, 0.25) is 0 Å². The fourth-order valence-electron chi connectivity index (χ4n) is 2.26. The van der Waals surface area contributed by atoms with Crippen molar-refractivity contribution >= 4 is 5.69 Å². The Morgan fingerprint density at radius 3 is 1.16 bits per heavy atom. The molecule has 108 valence electrons. The number of nitrogens with one attached hydrogen (secondary N) is 1. The second-order valence-electron chi connectivity index (χ2n) is 8.70. The number of benzene rings is 1. The molecule has 1 aromatic carbocycles. The molecule has 1 aromatic rings. The van der Waals surface area contributed by atoms with Crippen molar-refractivity contribution in [3.63, 3.8) is 0 Å². The van der Waals surface area contributed by atoms with Gasteiger partial charge in [0, 0.05) is 0 Å². The molecular weight excluding hydrogens is 230 g/mol. The topological polar surface area (TPSA) is 23.8 Å². The van der Waals surface area contributed by atoms with Gasteiger partial charge >= 0.3 is 0 Å². The van der Waals surface area contributed by atoms with Gasteiger partial charge in [-0.15, -0.1) is 5.69 Å². The van der Waals surface area contributed by atoms with Gasteiger partial charge in [0.15, 0.2) is 0 Å². The average molecular weight is 260 g/mol. The summed E-state index contributed by atoms with van der Waals surface area (Å²) in [7, 11) is 0. The highest BCUT2D eigenvalue weighted by atomic mass is 14.6. The summed E-state index contributed by atoms with van der Waals surface area (Å²) in [5.74, 6) is 0. The van der Waals surface area contributed by atoms with Gasteiger partial charge in [0.1, 0.15) is 0 Å². The van der Waals surface area contributed by atoms with E-state index in [4.69, 9.17) is 5.73 Å². The van der Waals surface area contributed by atoms with Gasteiger partial charge in [-0.05, 0) is 21.8 Å². The predicted octanol–water partition coefficient (Wildman–Crippen LogP) is 6.26. The maximum atomic E-state index is 8.56. The van der Waals surface area contributed by atoms with Gasteiger partial charge in [0.05, 0.1) is 0 Å². The van der Waals surface area contributed by atoms with E-state index in [2.05, 4.69) is 74.4 Å². The third kappa shape index (κ3) is 3.52. The van der Waals surface area contributed by atoms with Crippen LogP contribution in [0, 0.1) is 0 Å². The third-order valence-corrected chi connectivity index (χ3v) is 3.62. The highest BCUT2D eigenvalue weighted by Crippen LogP contribution is 2.42. The molecule has 0 heterocycles. The van der Waals surface area contributed by atoms with Crippen LogP contribution in [0.5, 0.6) is 0 Å². The van der Waals surface area contributed by atoms with Crippen LogP contribution in [0.3, 0.4) is 0 Å². The second-order valence-corrected chi connectivity index (χ2v) is 8.70. The molecule has 1 N–H and O–H groups in total. The Bertz CT molecular complexity index is 427. The van der Waals surface area contributed by atoms with Crippen LogP contribution < -0.4 is 0 Å². The van der Waals surface area contributed by atoms with Crippen molar-refractivity contribution in [2.75, 3.05) is 0 Å². The zero-order valence-corrected chi connectivity index (χ0v) is 14.2. The van der Waals surface area contributed by atoms with E-state index in [-0.39, 0.29) is 16.2 Å². The standard InChI is InChI=1S/C18H30N/c1-16(2,3)12-10-13(17(4,5)6)15(19)14(11-12)18(7,8)9/h10-11,19H,1-9H3/q-1. The molecule has 0 saturated heterocycles. The molecule has 0 unspecified atom stereocenters. The van der Waals surface area contributed by atoms with Crippen LogP contribution in [0.15, 0.2) is 12.1 Å². The van der Waals surface area contributed by atoms with Crippen molar-refractivity contribution in [1.82, 2.24) is 0 Å². The van der Waals surface area contributed by atoms with E-state index in [1.165, 1.54) is 5.56 Å². The molecule has 1 heteroatoms. The van der Waals surface area contributed by atoms with E-state index in [0.717, 1.165) is 11.1 Å². The zero-order chi connectivity index (χ0) is 15.2. The lowest BCUT2D eigenvalue weighted by atomic mass is 9.74. The molecule has 0 spiro atoms. The van der Waals surface area contributed by atoms with Gasteiger partial charge in [-0.2, -0.15) is 0 Å². The molecule has 0 amide bonds. The summed E-state index contributed by atoms with van der Waals surface area (Å²) in [5, 5.41) is 0. The molecule has 1 rings (SSSR count). The summed E-state index contributed by atoms with van der Waals surface area (Å²) in [6, 6.07) is 4.47. The van der Waals surface area contributed by atoms with Crippen LogP contribution >= 0.6 is 0 Å². The highest BCUT2D eigenvalue weighted by Gasteiger charge is 2.25. The van der Waals surface area contributed by atoms with E-state index in [1.807, 2.05) is 0 Å². The van der Waals surface area contributed by atoms with E-state index < -0.39 is 0 Å². The van der Waals surface area contributed by atoms with Crippen molar-refractivity contribution in [1.29, 1.82) is 0 Å². The van der Waals surface area contributed by atoms with Gasteiger partial charge in [-0.25, -0.2) is 0 Å². The van der Waals surface area contributed by atoms with Gasteiger partial charge < -0.3 is 5.73 Å². The summed E-state index contributed by atoms with van der Waals surface area (Å²) in [5.41, 5.74) is 13.1. The predicted molar refractivity (Wildman–Crippen MR) is 86.5 cm³/mol. The Morgan fingerprint density at radius 2 is 0.947 bits per heavy atom. The first kappa shape index (κ1) is 16.1. The van der Waals surface area contributed by atoms with Crippen LogP contribution in [-0.4, -0.2) is 0 Å². The van der Waals surface area contributed by atoms with Crippen molar-refractivity contribution in [3.05, 3.63) is 34.6 Å². The Kier molecular flexibility index (Phi) is 3.84. The Labute approximate surface area is 119 Å².